The van der Waals surface area contributed by atoms with Gasteiger partial charge in [0, 0.05) is 24.9 Å². The summed E-state index contributed by atoms with van der Waals surface area (Å²) >= 11 is 0. The second kappa shape index (κ2) is 12.9. The highest BCUT2D eigenvalue weighted by atomic mass is 28.4. The van der Waals surface area contributed by atoms with E-state index in [4.69, 9.17) is 9.16 Å². The summed E-state index contributed by atoms with van der Waals surface area (Å²) < 4.78 is 13.5. The summed E-state index contributed by atoms with van der Waals surface area (Å²) in [6, 6.07) is 9.52. The zero-order chi connectivity index (χ0) is 32.9. The Hall–Kier alpha value is -1.46. The number of Topliss-reactive ketones (excluding diaryl/α,β-unsaturated/α-hetero) is 1. The normalized spacial score (nSPS) is 36.6. The van der Waals surface area contributed by atoms with Crippen molar-refractivity contribution < 1.29 is 18.8 Å². The molecule has 4 saturated carbocycles. The molecule has 2 unspecified atom stereocenters. The molecule has 4 nitrogen and oxygen atoms in total. The lowest BCUT2D eigenvalue weighted by Crippen LogP contribution is -2.59. The smallest absolute Gasteiger partial charge is 0.338 e. The van der Waals surface area contributed by atoms with Gasteiger partial charge in [-0.1, -0.05) is 73.6 Å². The van der Waals surface area contributed by atoms with Crippen molar-refractivity contribution in [1.82, 2.24) is 0 Å². The van der Waals surface area contributed by atoms with Crippen molar-refractivity contribution in [3.8, 4) is 0 Å². The van der Waals surface area contributed by atoms with Crippen LogP contribution in [0.1, 0.15) is 130 Å². The first kappa shape index (κ1) is 34.9. The average Bonchev–Trinajstić information content (AvgIpc) is 3.32. The quantitative estimate of drug-likeness (QED) is 0.200. The van der Waals surface area contributed by atoms with Gasteiger partial charge in [0.25, 0.3) is 0 Å². The molecule has 4 aliphatic rings. The number of ketones is 1. The third-order valence-corrected chi connectivity index (χ3v) is 18.9. The molecule has 5 rings (SSSR count). The summed E-state index contributed by atoms with van der Waals surface area (Å²) in [7, 11) is -1.83. The molecule has 0 N–H and O–H groups in total. The summed E-state index contributed by atoms with van der Waals surface area (Å²) in [4.78, 5) is 26.2. The molecule has 0 aromatic heterocycles. The van der Waals surface area contributed by atoms with E-state index in [9.17, 15) is 9.59 Å². The van der Waals surface area contributed by atoms with E-state index in [1.54, 1.807) is 0 Å². The van der Waals surface area contributed by atoms with Gasteiger partial charge < -0.3 is 9.16 Å². The molecule has 1 aromatic rings. The van der Waals surface area contributed by atoms with E-state index < -0.39 is 8.32 Å². The predicted molar refractivity (Wildman–Crippen MR) is 187 cm³/mol. The first-order valence-electron chi connectivity index (χ1n) is 18.4. The van der Waals surface area contributed by atoms with Gasteiger partial charge in [-0.3, -0.25) is 4.79 Å². The van der Waals surface area contributed by atoms with E-state index in [1.807, 2.05) is 30.3 Å². The summed E-state index contributed by atoms with van der Waals surface area (Å²) in [6.45, 7) is 24.1. The predicted octanol–water partition coefficient (Wildman–Crippen LogP) is 10.5. The van der Waals surface area contributed by atoms with Crippen molar-refractivity contribution in [2.24, 2.45) is 52.3 Å². The Balaban J connectivity index is 1.36. The second-order valence-electron chi connectivity index (χ2n) is 18.2. The Morgan fingerprint density at radius 3 is 2.27 bits per heavy atom. The fourth-order valence-electron chi connectivity index (χ4n) is 10.6. The van der Waals surface area contributed by atoms with Gasteiger partial charge >= 0.3 is 5.97 Å². The van der Waals surface area contributed by atoms with Crippen LogP contribution in [0, 0.1) is 52.3 Å². The number of fused-ring (bicyclic) bond motifs is 5. The summed E-state index contributed by atoms with van der Waals surface area (Å²) in [5, 5.41) is 0.221. The third-order valence-electron chi connectivity index (χ3n) is 14.4. The van der Waals surface area contributed by atoms with Crippen LogP contribution in [0.3, 0.4) is 0 Å². The van der Waals surface area contributed by atoms with Gasteiger partial charge in [0.05, 0.1) is 5.56 Å². The lowest BCUT2D eigenvalue weighted by atomic mass is 9.43. The maximum atomic E-state index is 13.5. The van der Waals surface area contributed by atoms with Gasteiger partial charge in [0.2, 0.25) is 0 Å². The number of hydrogen-bond donors (Lipinski definition) is 0. The van der Waals surface area contributed by atoms with E-state index in [2.05, 4.69) is 68.5 Å². The van der Waals surface area contributed by atoms with Crippen molar-refractivity contribution >= 4 is 20.1 Å². The van der Waals surface area contributed by atoms with E-state index in [0.717, 1.165) is 25.7 Å². The Kier molecular flexibility index (Phi) is 9.96. The fraction of sp³-hybridized carbons (Fsp3) is 0.800. The molecular formula is C40H64O4Si. The van der Waals surface area contributed by atoms with Gasteiger partial charge in [0.1, 0.15) is 11.9 Å². The molecule has 1 aromatic carbocycles. The van der Waals surface area contributed by atoms with Crippen LogP contribution >= 0.6 is 0 Å². The first-order chi connectivity index (χ1) is 21.0. The molecule has 0 heterocycles. The molecule has 45 heavy (non-hydrogen) atoms. The van der Waals surface area contributed by atoms with E-state index in [0.29, 0.717) is 65.3 Å². The Labute approximate surface area is 276 Å². The van der Waals surface area contributed by atoms with Gasteiger partial charge in [0.15, 0.2) is 8.32 Å². The van der Waals surface area contributed by atoms with Crippen LogP contribution in [0.5, 0.6) is 0 Å². The zero-order valence-corrected chi connectivity index (χ0v) is 31.3. The number of esters is 1. The maximum Gasteiger partial charge on any atom is 0.338 e. The lowest BCUT2D eigenvalue weighted by Gasteiger charge is -2.62. The van der Waals surface area contributed by atoms with Gasteiger partial charge in [-0.05, 0) is 128 Å². The lowest BCUT2D eigenvalue weighted by molar-refractivity contribution is -0.170. The van der Waals surface area contributed by atoms with Crippen LogP contribution in [0.15, 0.2) is 30.3 Å². The Morgan fingerprint density at radius 1 is 0.956 bits per heavy atom. The van der Waals surface area contributed by atoms with Crippen molar-refractivity contribution in [2.75, 3.05) is 0 Å². The molecule has 0 amide bonds. The van der Waals surface area contributed by atoms with E-state index >= 15 is 0 Å². The van der Waals surface area contributed by atoms with Crippen LogP contribution in [0.25, 0.3) is 0 Å². The minimum absolute atomic E-state index is 0.103. The molecule has 0 saturated heterocycles. The molecule has 0 aliphatic heterocycles. The topological polar surface area (TPSA) is 52.6 Å². The minimum atomic E-state index is -1.83. The van der Waals surface area contributed by atoms with Crippen LogP contribution in [-0.2, 0) is 14.0 Å². The third kappa shape index (κ3) is 6.65. The molecule has 0 spiro atoms. The molecule has 5 heteroatoms. The number of carbonyl (C=O) groups is 2. The molecule has 10 atom stereocenters. The van der Waals surface area contributed by atoms with Crippen LogP contribution < -0.4 is 0 Å². The van der Waals surface area contributed by atoms with Crippen LogP contribution in [0.2, 0.25) is 18.1 Å². The van der Waals surface area contributed by atoms with Crippen LogP contribution in [0.4, 0.5) is 0 Å². The van der Waals surface area contributed by atoms with Crippen molar-refractivity contribution in [2.45, 2.75) is 150 Å². The minimum Gasteiger partial charge on any atom is -0.458 e. The average molecular weight is 637 g/mol. The van der Waals surface area contributed by atoms with E-state index in [-0.39, 0.29) is 27.9 Å². The summed E-state index contributed by atoms with van der Waals surface area (Å²) in [6.07, 6.45) is 10.8. The number of carbonyl (C=O) groups excluding carboxylic acids is 2. The monoisotopic (exact) mass is 636 g/mol. The first-order valence-corrected chi connectivity index (χ1v) is 21.3. The van der Waals surface area contributed by atoms with Gasteiger partial charge in [-0.25, -0.2) is 4.79 Å². The number of hydrogen-bond acceptors (Lipinski definition) is 4. The van der Waals surface area contributed by atoms with Gasteiger partial charge in [-0.15, -0.1) is 0 Å². The highest BCUT2D eigenvalue weighted by Gasteiger charge is 2.64. The second-order valence-corrected chi connectivity index (χ2v) is 23.0. The molecule has 4 aliphatic carbocycles. The Morgan fingerprint density at radius 2 is 1.62 bits per heavy atom. The SMILES string of the molecule is CC(C)C(CC[C@@H](C)[C@H]1CC[C@H]2[C@@H]3[C@H](OC(=O)c4ccccc4)CC4CC(=O)CC[C@]4(C)[C@H]3CC[C@]12C)O[Si](C)(C)C(C)(C)C. The maximum absolute atomic E-state index is 13.5. The number of ether oxygens (including phenoxy) is 1. The van der Waals surface area contributed by atoms with Crippen molar-refractivity contribution in [3.05, 3.63) is 35.9 Å². The standard InChI is InChI=1S/C40H64O4Si/c1-26(2)34(44-45(9,10)38(4,5)6)19-16-27(3)31-17-18-32-36-33(21-23-40(31,32)8)39(7)22-20-30(41)24-29(39)25-35(36)43-37(42)28-14-12-11-13-15-28/h11-15,26-27,29,31-36H,16-25H2,1-10H3/t27-,29?,31-,32+,33+,34?,35-,36+,39+,40-/m1/s1. The highest BCUT2D eigenvalue weighted by molar-refractivity contribution is 6.74. The zero-order valence-electron chi connectivity index (χ0n) is 30.3. The van der Waals surface area contributed by atoms with Crippen LogP contribution in [-0.4, -0.2) is 32.3 Å². The largest absolute Gasteiger partial charge is 0.458 e. The molecule has 0 radical (unpaired) electrons. The molecule has 0 bridgehead atoms. The van der Waals surface area contributed by atoms with Crippen molar-refractivity contribution in [3.63, 3.8) is 0 Å². The van der Waals surface area contributed by atoms with Gasteiger partial charge in [-0.2, -0.15) is 0 Å². The Bertz CT molecular complexity index is 1200. The highest BCUT2D eigenvalue weighted by Crippen LogP contribution is 2.68. The number of benzene rings is 1. The fourth-order valence-corrected chi connectivity index (χ4v) is 12.1. The number of rotatable bonds is 9. The summed E-state index contributed by atoms with van der Waals surface area (Å²) in [5.41, 5.74) is 1.07. The molecule has 252 valence electrons. The van der Waals surface area contributed by atoms with E-state index in [1.165, 1.54) is 32.1 Å². The summed E-state index contributed by atoms with van der Waals surface area (Å²) in [5.74, 6) is 3.85. The molecule has 4 fully saturated rings. The van der Waals surface area contributed by atoms with Crippen molar-refractivity contribution in [1.29, 1.82) is 0 Å². The molecular weight excluding hydrogens is 573 g/mol.